The van der Waals surface area contributed by atoms with Gasteiger partial charge in [-0.05, 0) is 51.2 Å². The van der Waals surface area contributed by atoms with Gasteiger partial charge < -0.3 is 38.3 Å². The van der Waals surface area contributed by atoms with Crippen LogP contribution in [0, 0.1) is 0 Å². The van der Waals surface area contributed by atoms with Crippen LogP contribution in [0.3, 0.4) is 0 Å². The Balaban J connectivity index is 5.33. The highest BCUT2D eigenvalue weighted by molar-refractivity contribution is 7.98. The van der Waals surface area contributed by atoms with Crippen LogP contribution in [0.15, 0.2) is 0 Å². The number of amides is 4. The molecule has 0 heterocycles. The van der Waals surface area contributed by atoms with Gasteiger partial charge in [-0.2, -0.15) is 11.8 Å². The maximum absolute atomic E-state index is 12.7. The number of thioether (sulfide) groups is 1. The van der Waals surface area contributed by atoms with Gasteiger partial charge in [-0.3, -0.25) is 19.2 Å². The minimum atomic E-state index is -1.40. The summed E-state index contributed by atoms with van der Waals surface area (Å²) in [6.07, 6.45) is 2.73. The lowest BCUT2D eigenvalue weighted by atomic mass is 10.1. The topological polar surface area (TPSA) is 220 Å². The van der Waals surface area contributed by atoms with Crippen LogP contribution < -0.4 is 33.2 Å². The fourth-order valence-corrected chi connectivity index (χ4v) is 2.98. The van der Waals surface area contributed by atoms with Gasteiger partial charge in [0.05, 0.1) is 12.5 Å². The highest BCUT2D eigenvalue weighted by atomic mass is 32.2. The maximum Gasteiger partial charge on any atom is 0.326 e. The number of nitrogens with two attached hydrogens (primary N) is 3. The van der Waals surface area contributed by atoms with Crippen molar-refractivity contribution in [1.82, 2.24) is 16.0 Å². The van der Waals surface area contributed by atoms with E-state index in [2.05, 4.69) is 16.0 Å². The van der Waals surface area contributed by atoms with Crippen LogP contribution in [0.25, 0.3) is 0 Å². The number of carboxylic acid groups (broad SMARTS) is 1. The van der Waals surface area contributed by atoms with Crippen molar-refractivity contribution < 1.29 is 29.1 Å². The molecule has 0 saturated heterocycles. The molecule has 0 spiro atoms. The lowest BCUT2D eigenvalue weighted by Gasteiger charge is -2.24. The zero-order valence-corrected chi connectivity index (χ0v) is 18.7. The lowest BCUT2D eigenvalue weighted by Crippen LogP contribution is -2.57. The molecule has 13 heteroatoms. The monoisotopic (exact) mass is 462 g/mol. The van der Waals surface area contributed by atoms with E-state index in [1.165, 1.54) is 18.7 Å². The smallest absolute Gasteiger partial charge is 0.326 e. The number of carbonyl (C=O) groups is 5. The Kier molecular flexibility index (Phi) is 14.2. The summed E-state index contributed by atoms with van der Waals surface area (Å²) >= 11 is 1.45. The summed E-state index contributed by atoms with van der Waals surface area (Å²) in [6, 6.07) is -4.45. The van der Waals surface area contributed by atoms with Crippen molar-refractivity contribution in [3.05, 3.63) is 0 Å². The van der Waals surface area contributed by atoms with E-state index in [-0.39, 0.29) is 12.8 Å². The number of carbonyl (C=O) groups excluding carboxylic acids is 4. The molecule has 0 saturated carbocycles. The van der Waals surface area contributed by atoms with E-state index in [9.17, 15) is 29.1 Å². The molecule has 0 bridgehead atoms. The van der Waals surface area contributed by atoms with E-state index < -0.39 is 60.2 Å². The van der Waals surface area contributed by atoms with Crippen molar-refractivity contribution in [2.24, 2.45) is 17.2 Å². The molecule has 0 radical (unpaired) electrons. The first-order valence-electron chi connectivity index (χ1n) is 9.90. The van der Waals surface area contributed by atoms with Gasteiger partial charge in [0.2, 0.25) is 23.6 Å². The van der Waals surface area contributed by atoms with Crippen LogP contribution in [-0.2, 0) is 24.0 Å². The first-order valence-corrected chi connectivity index (χ1v) is 11.3. The van der Waals surface area contributed by atoms with Crippen molar-refractivity contribution in [3.8, 4) is 0 Å². The molecule has 4 amide bonds. The zero-order valence-electron chi connectivity index (χ0n) is 17.9. The van der Waals surface area contributed by atoms with Crippen LogP contribution in [0.5, 0.6) is 0 Å². The van der Waals surface area contributed by atoms with E-state index >= 15 is 0 Å². The SMILES string of the molecule is CSCCC(NC(=O)C(C)N)C(=O)NC(CC(N)=O)C(=O)NC(CCCCN)C(=O)O. The summed E-state index contributed by atoms with van der Waals surface area (Å²) in [6.45, 7) is 1.84. The summed E-state index contributed by atoms with van der Waals surface area (Å²) < 4.78 is 0. The number of primary amides is 1. The Morgan fingerprint density at radius 2 is 1.45 bits per heavy atom. The second-order valence-corrected chi connectivity index (χ2v) is 8.03. The van der Waals surface area contributed by atoms with Gasteiger partial charge in [0, 0.05) is 0 Å². The molecule has 4 unspecified atom stereocenters. The molecule has 0 aromatic rings. The molecule has 31 heavy (non-hydrogen) atoms. The first kappa shape index (κ1) is 28.6. The second kappa shape index (κ2) is 15.4. The average Bonchev–Trinajstić information content (AvgIpc) is 2.68. The lowest BCUT2D eigenvalue weighted by molar-refractivity contribution is -0.142. The largest absolute Gasteiger partial charge is 0.480 e. The predicted octanol–water partition coefficient (Wildman–Crippen LogP) is -2.37. The van der Waals surface area contributed by atoms with Gasteiger partial charge in [-0.25, -0.2) is 4.79 Å². The quantitative estimate of drug-likeness (QED) is 0.122. The second-order valence-electron chi connectivity index (χ2n) is 7.05. The molecular formula is C18H34N6O6S. The number of rotatable bonds is 16. The number of aliphatic carboxylic acids is 1. The molecule has 0 aromatic heterocycles. The van der Waals surface area contributed by atoms with Crippen molar-refractivity contribution in [2.45, 2.75) is 63.2 Å². The predicted molar refractivity (Wildman–Crippen MR) is 117 cm³/mol. The van der Waals surface area contributed by atoms with E-state index in [4.69, 9.17) is 17.2 Å². The normalized spacial score (nSPS) is 14.6. The van der Waals surface area contributed by atoms with Gasteiger partial charge in [-0.1, -0.05) is 0 Å². The van der Waals surface area contributed by atoms with Gasteiger partial charge >= 0.3 is 5.97 Å². The van der Waals surface area contributed by atoms with Crippen LogP contribution in [0.1, 0.15) is 39.0 Å². The highest BCUT2D eigenvalue weighted by Gasteiger charge is 2.30. The number of hydrogen-bond acceptors (Lipinski definition) is 8. The number of unbranched alkanes of at least 4 members (excludes halogenated alkanes) is 1. The Hall–Kier alpha value is -2.38. The molecule has 4 atom stereocenters. The Morgan fingerprint density at radius 1 is 0.903 bits per heavy atom. The fourth-order valence-electron chi connectivity index (χ4n) is 2.51. The first-order chi connectivity index (χ1) is 14.5. The van der Waals surface area contributed by atoms with E-state index in [1.807, 2.05) is 6.26 Å². The standard InChI is InChI=1S/C18H34N6O6S/c1-10(20)15(26)22-11(6-8-31-2)16(27)24-13(9-14(21)25)17(28)23-12(18(29)30)5-3-4-7-19/h10-13H,3-9,19-20H2,1-2H3,(H2,21,25)(H,22,26)(H,23,28)(H,24,27)(H,29,30). The van der Waals surface area contributed by atoms with Gasteiger partial charge in [0.15, 0.2) is 0 Å². The van der Waals surface area contributed by atoms with Crippen LogP contribution in [0.4, 0.5) is 0 Å². The molecule has 12 nitrogen and oxygen atoms in total. The van der Waals surface area contributed by atoms with Crippen molar-refractivity contribution >= 4 is 41.4 Å². The molecular weight excluding hydrogens is 428 g/mol. The minimum Gasteiger partial charge on any atom is -0.480 e. The van der Waals surface area contributed by atoms with Crippen molar-refractivity contribution in [2.75, 3.05) is 18.6 Å². The van der Waals surface area contributed by atoms with E-state index in [1.54, 1.807) is 0 Å². The molecule has 0 aliphatic rings. The van der Waals surface area contributed by atoms with Crippen LogP contribution in [0.2, 0.25) is 0 Å². The Bertz CT molecular complexity index is 633. The summed E-state index contributed by atoms with van der Waals surface area (Å²) in [4.78, 5) is 60.0. The van der Waals surface area contributed by atoms with Crippen molar-refractivity contribution in [1.29, 1.82) is 0 Å². The van der Waals surface area contributed by atoms with Crippen molar-refractivity contribution in [3.63, 3.8) is 0 Å². The van der Waals surface area contributed by atoms with Crippen LogP contribution in [-0.4, -0.2) is 77.4 Å². The van der Waals surface area contributed by atoms with Gasteiger partial charge in [-0.15, -0.1) is 0 Å². The third kappa shape index (κ3) is 12.2. The molecule has 0 fully saturated rings. The molecule has 10 N–H and O–H groups in total. The number of nitrogens with one attached hydrogen (secondary N) is 3. The zero-order chi connectivity index (χ0) is 24.0. The molecule has 0 rings (SSSR count). The molecule has 0 aliphatic heterocycles. The average molecular weight is 463 g/mol. The van der Waals surface area contributed by atoms with Crippen LogP contribution >= 0.6 is 11.8 Å². The molecule has 0 aliphatic carbocycles. The van der Waals surface area contributed by atoms with E-state index in [0.717, 1.165) is 0 Å². The number of carboxylic acids is 1. The highest BCUT2D eigenvalue weighted by Crippen LogP contribution is 2.05. The molecule has 0 aromatic carbocycles. The summed E-state index contributed by atoms with van der Waals surface area (Å²) in [5, 5.41) is 16.5. The Morgan fingerprint density at radius 3 is 1.94 bits per heavy atom. The minimum absolute atomic E-state index is 0.135. The van der Waals surface area contributed by atoms with Gasteiger partial charge in [0.25, 0.3) is 0 Å². The third-order valence-corrected chi connectivity index (χ3v) is 4.90. The fraction of sp³-hybridized carbons (Fsp3) is 0.722. The van der Waals surface area contributed by atoms with Gasteiger partial charge in [0.1, 0.15) is 18.1 Å². The Labute approximate surface area is 185 Å². The summed E-state index contributed by atoms with van der Waals surface area (Å²) in [7, 11) is 0. The number of hydrogen-bond donors (Lipinski definition) is 7. The van der Waals surface area contributed by atoms with E-state index in [0.29, 0.717) is 25.1 Å². The third-order valence-electron chi connectivity index (χ3n) is 4.26. The maximum atomic E-state index is 12.7. The summed E-state index contributed by atoms with van der Waals surface area (Å²) in [5.41, 5.74) is 16.1. The molecule has 178 valence electrons. The summed E-state index contributed by atoms with van der Waals surface area (Å²) in [5.74, 6) is -3.71.